The van der Waals surface area contributed by atoms with Gasteiger partial charge in [-0.3, -0.25) is 4.79 Å². The number of aromatic nitrogens is 4. The predicted octanol–water partition coefficient (Wildman–Crippen LogP) is 2.63. The molecule has 0 unspecified atom stereocenters. The van der Waals surface area contributed by atoms with Gasteiger partial charge in [-0.15, -0.1) is 0 Å². The van der Waals surface area contributed by atoms with E-state index in [9.17, 15) is 4.79 Å². The number of pyridine rings is 1. The number of nitrogens with one attached hydrogen (secondary N) is 3. The highest BCUT2D eigenvalue weighted by Gasteiger charge is 2.28. The van der Waals surface area contributed by atoms with E-state index in [0.29, 0.717) is 48.0 Å². The largest absolute Gasteiger partial charge is 0.368 e. The van der Waals surface area contributed by atoms with Crippen molar-refractivity contribution in [3.05, 3.63) is 53.8 Å². The average molecular weight is 379 g/mol. The number of nitrogens with zero attached hydrogens (tertiary/aromatic N) is 4. The summed E-state index contributed by atoms with van der Waals surface area (Å²) in [5.41, 5.74) is 0.321. The van der Waals surface area contributed by atoms with Gasteiger partial charge in [0.15, 0.2) is 5.69 Å². The maximum Gasteiger partial charge on any atom is 0.273 e. The van der Waals surface area contributed by atoms with Gasteiger partial charge in [0.1, 0.15) is 29.0 Å². The maximum absolute atomic E-state index is 12.1. The van der Waals surface area contributed by atoms with E-state index < -0.39 is 0 Å². The standard InChI is InChI=1S/C19H21N7O2/c1-12-23-17(11-18(24-12)25-16-4-2-3-7-20-16)21-8-9-22-19(27)14-10-15(28-26-14)13-5-6-13/h2-4,7,10-11,13H,5-6,8-9H2,1H3,(H,22,27)(H2,20,21,23,24,25). The fourth-order valence-electron chi connectivity index (χ4n) is 2.70. The second-order valence-electron chi connectivity index (χ2n) is 6.60. The number of carbonyl (C=O) groups is 1. The summed E-state index contributed by atoms with van der Waals surface area (Å²) in [6, 6.07) is 9.13. The van der Waals surface area contributed by atoms with Crippen molar-refractivity contribution in [2.75, 3.05) is 23.7 Å². The molecule has 3 aromatic rings. The molecule has 144 valence electrons. The number of hydrogen-bond donors (Lipinski definition) is 3. The van der Waals surface area contributed by atoms with Gasteiger partial charge in [-0.1, -0.05) is 11.2 Å². The van der Waals surface area contributed by atoms with Crippen LogP contribution in [0.15, 0.2) is 41.1 Å². The lowest BCUT2D eigenvalue weighted by molar-refractivity contribution is 0.0946. The lowest BCUT2D eigenvalue weighted by Gasteiger charge is -2.10. The molecule has 0 spiro atoms. The molecule has 1 aliphatic rings. The number of amides is 1. The average Bonchev–Trinajstić information content (AvgIpc) is 3.42. The van der Waals surface area contributed by atoms with Crippen molar-refractivity contribution in [1.82, 2.24) is 25.4 Å². The molecule has 9 heteroatoms. The van der Waals surface area contributed by atoms with Gasteiger partial charge >= 0.3 is 0 Å². The van der Waals surface area contributed by atoms with Crippen LogP contribution in [-0.4, -0.2) is 39.1 Å². The van der Waals surface area contributed by atoms with E-state index >= 15 is 0 Å². The predicted molar refractivity (Wildman–Crippen MR) is 104 cm³/mol. The van der Waals surface area contributed by atoms with E-state index in [1.807, 2.05) is 25.1 Å². The van der Waals surface area contributed by atoms with Crippen molar-refractivity contribution >= 4 is 23.4 Å². The van der Waals surface area contributed by atoms with Crippen molar-refractivity contribution in [3.63, 3.8) is 0 Å². The van der Waals surface area contributed by atoms with E-state index in [0.717, 1.165) is 18.6 Å². The highest BCUT2D eigenvalue weighted by Crippen LogP contribution is 2.40. The van der Waals surface area contributed by atoms with Gasteiger partial charge in [0.05, 0.1) is 0 Å². The van der Waals surface area contributed by atoms with Crippen LogP contribution >= 0.6 is 0 Å². The molecule has 0 bridgehead atoms. The molecule has 0 aliphatic heterocycles. The fourth-order valence-corrected chi connectivity index (χ4v) is 2.70. The van der Waals surface area contributed by atoms with Crippen LogP contribution in [0.3, 0.4) is 0 Å². The lowest BCUT2D eigenvalue weighted by atomic mass is 10.3. The van der Waals surface area contributed by atoms with E-state index in [4.69, 9.17) is 4.52 Å². The SMILES string of the molecule is Cc1nc(NCCNC(=O)c2cc(C3CC3)on2)cc(Nc2ccccn2)n1. The highest BCUT2D eigenvalue weighted by molar-refractivity contribution is 5.92. The summed E-state index contributed by atoms with van der Waals surface area (Å²) in [5, 5.41) is 13.0. The molecular weight excluding hydrogens is 358 g/mol. The zero-order valence-electron chi connectivity index (χ0n) is 15.5. The first-order valence-corrected chi connectivity index (χ1v) is 9.20. The number of aryl methyl sites for hydroxylation is 1. The van der Waals surface area contributed by atoms with Crippen LogP contribution < -0.4 is 16.0 Å². The molecule has 0 saturated heterocycles. The van der Waals surface area contributed by atoms with Crippen molar-refractivity contribution < 1.29 is 9.32 Å². The molecule has 1 aliphatic carbocycles. The van der Waals surface area contributed by atoms with Crippen molar-refractivity contribution in [1.29, 1.82) is 0 Å². The highest BCUT2D eigenvalue weighted by atomic mass is 16.5. The quantitative estimate of drug-likeness (QED) is 0.511. The van der Waals surface area contributed by atoms with Crippen LogP contribution in [0.25, 0.3) is 0 Å². The van der Waals surface area contributed by atoms with E-state index in [1.54, 1.807) is 18.3 Å². The number of hydrogen-bond acceptors (Lipinski definition) is 8. The Kier molecular flexibility index (Phi) is 5.14. The third-order valence-corrected chi connectivity index (χ3v) is 4.22. The van der Waals surface area contributed by atoms with Crippen molar-refractivity contribution in [3.8, 4) is 0 Å². The molecule has 1 fully saturated rings. The Hall–Kier alpha value is -3.49. The van der Waals surface area contributed by atoms with Crippen LogP contribution in [0, 0.1) is 6.92 Å². The molecule has 28 heavy (non-hydrogen) atoms. The van der Waals surface area contributed by atoms with Crippen molar-refractivity contribution in [2.24, 2.45) is 0 Å². The lowest BCUT2D eigenvalue weighted by Crippen LogP contribution is -2.29. The molecule has 3 aromatic heterocycles. The summed E-state index contributed by atoms with van der Waals surface area (Å²) in [7, 11) is 0. The molecular formula is C19H21N7O2. The Bertz CT molecular complexity index is 954. The number of rotatable bonds is 8. The normalized spacial score (nSPS) is 13.2. The zero-order chi connectivity index (χ0) is 19.3. The number of anilines is 3. The second kappa shape index (κ2) is 8.03. The van der Waals surface area contributed by atoms with Crippen LogP contribution in [0.2, 0.25) is 0 Å². The summed E-state index contributed by atoms with van der Waals surface area (Å²) in [5.74, 6) is 3.64. The summed E-state index contributed by atoms with van der Waals surface area (Å²) >= 11 is 0. The molecule has 9 nitrogen and oxygen atoms in total. The summed E-state index contributed by atoms with van der Waals surface area (Å²) < 4.78 is 5.21. The van der Waals surface area contributed by atoms with Gasteiger partial charge in [-0.25, -0.2) is 15.0 Å². The smallest absolute Gasteiger partial charge is 0.273 e. The molecule has 1 amide bonds. The summed E-state index contributed by atoms with van der Waals surface area (Å²) in [4.78, 5) is 25.1. The first-order valence-electron chi connectivity index (χ1n) is 9.20. The molecule has 1 saturated carbocycles. The van der Waals surface area contributed by atoms with Gasteiger partial charge in [-0.2, -0.15) is 0 Å². The molecule has 0 aromatic carbocycles. The first kappa shape index (κ1) is 17.9. The van der Waals surface area contributed by atoms with Crippen LogP contribution in [0.5, 0.6) is 0 Å². The Labute approximate surface area is 162 Å². The molecule has 3 heterocycles. The van der Waals surface area contributed by atoms with Crippen LogP contribution in [0.4, 0.5) is 17.5 Å². The minimum absolute atomic E-state index is 0.242. The van der Waals surface area contributed by atoms with Gasteiger partial charge in [-0.05, 0) is 31.9 Å². The summed E-state index contributed by atoms with van der Waals surface area (Å²) in [6.07, 6.45) is 3.92. The summed E-state index contributed by atoms with van der Waals surface area (Å²) in [6.45, 7) is 2.76. The van der Waals surface area contributed by atoms with E-state index in [-0.39, 0.29) is 5.91 Å². The van der Waals surface area contributed by atoms with Crippen LogP contribution in [0.1, 0.15) is 40.8 Å². The Balaban J connectivity index is 1.27. The molecule has 0 radical (unpaired) electrons. The van der Waals surface area contributed by atoms with Crippen LogP contribution in [-0.2, 0) is 0 Å². The minimum atomic E-state index is -0.242. The topological polar surface area (TPSA) is 118 Å². The van der Waals surface area contributed by atoms with E-state index in [1.165, 1.54) is 0 Å². The molecule has 0 atom stereocenters. The Morgan fingerprint density at radius 1 is 1.14 bits per heavy atom. The van der Waals surface area contributed by atoms with Gasteiger partial charge in [0.2, 0.25) is 0 Å². The van der Waals surface area contributed by atoms with Gasteiger partial charge < -0.3 is 20.5 Å². The first-order chi connectivity index (χ1) is 13.7. The zero-order valence-corrected chi connectivity index (χ0v) is 15.5. The molecule has 3 N–H and O–H groups in total. The monoisotopic (exact) mass is 379 g/mol. The van der Waals surface area contributed by atoms with Gasteiger partial charge in [0, 0.05) is 37.3 Å². The maximum atomic E-state index is 12.1. The Morgan fingerprint density at radius 2 is 2.00 bits per heavy atom. The third-order valence-electron chi connectivity index (χ3n) is 4.22. The molecule has 4 rings (SSSR count). The number of carbonyl (C=O) groups excluding carboxylic acids is 1. The van der Waals surface area contributed by atoms with Crippen molar-refractivity contribution in [2.45, 2.75) is 25.7 Å². The minimum Gasteiger partial charge on any atom is -0.368 e. The fraction of sp³-hybridized carbons (Fsp3) is 0.316. The third kappa shape index (κ3) is 4.61. The van der Waals surface area contributed by atoms with E-state index in [2.05, 4.69) is 36.1 Å². The Morgan fingerprint density at radius 3 is 2.79 bits per heavy atom. The van der Waals surface area contributed by atoms with Gasteiger partial charge in [0.25, 0.3) is 5.91 Å². The second-order valence-corrected chi connectivity index (χ2v) is 6.60.